The molecule has 3 rings (SSSR count). The summed E-state index contributed by atoms with van der Waals surface area (Å²) in [7, 11) is 1.47. The van der Waals surface area contributed by atoms with E-state index in [-0.39, 0.29) is 12.5 Å². The molecular weight excluding hydrogens is 334 g/mol. The third-order valence-electron chi connectivity index (χ3n) is 3.38. The van der Waals surface area contributed by atoms with Crippen molar-refractivity contribution in [1.82, 2.24) is 9.36 Å². The number of amides is 1. The van der Waals surface area contributed by atoms with Gasteiger partial charge < -0.3 is 10.1 Å². The summed E-state index contributed by atoms with van der Waals surface area (Å²) in [6.07, 6.45) is 1.79. The van der Waals surface area contributed by atoms with Crippen LogP contribution >= 0.6 is 23.1 Å². The molecule has 118 valence electrons. The van der Waals surface area contributed by atoms with Gasteiger partial charge in [-0.05, 0) is 42.2 Å². The van der Waals surface area contributed by atoms with Crippen molar-refractivity contribution in [3.8, 4) is 11.3 Å². The van der Waals surface area contributed by atoms with E-state index in [2.05, 4.69) is 14.7 Å². The highest BCUT2D eigenvalue weighted by Gasteiger charge is 2.11. The highest BCUT2D eigenvalue weighted by Crippen LogP contribution is 2.31. The van der Waals surface area contributed by atoms with Crippen molar-refractivity contribution in [3.63, 3.8) is 0 Å². The Bertz CT molecular complexity index is 865. The van der Waals surface area contributed by atoms with Crippen LogP contribution < -0.4 is 5.32 Å². The smallest absolute Gasteiger partial charge is 0.250 e. The molecule has 0 spiro atoms. The molecule has 0 saturated carbocycles. The lowest BCUT2D eigenvalue weighted by Gasteiger charge is -2.11. The number of benzene rings is 1. The molecule has 5 nitrogen and oxygen atoms in total. The highest BCUT2D eigenvalue weighted by molar-refractivity contribution is 7.03. The highest BCUT2D eigenvalue weighted by atomic mass is 35.5. The summed E-state index contributed by atoms with van der Waals surface area (Å²) >= 11 is 7.66. The lowest BCUT2D eigenvalue weighted by molar-refractivity contribution is -0.119. The Morgan fingerprint density at radius 2 is 2.22 bits per heavy atom. The fraction of sp³-hybridized carbons (Fsp3) is 0.188. The van der Waals surface area contributed by atoms with Crippen LogP contribution in [0.15, 0.2) is 29.8 Å². The van der Waals surface area contributed by atoms with Gasteiger partial charge in [-0.25, -0.2) is 9.36 Å². The molecule has 1 N–H and O–H groups in total. The molecule has 2 aromatic heterocycles. The molecule has 0 aliphatic rings. The van der Waals surface area contributed by atoms with Gasteiger partial charge in [0, 0.05) is 23.4 Å². The number of nitrogens with one attached hydrogen (secondary N) is 1. The molecule has 0 bridgehead atoms. The molecule has 2 heterocycles. The number of hydrogen-bond donors (Lipinski definition) is 1. The van der Waals surface area contributed by atoms with Gasteiger partial charge in [-0.1, -0.05) is 11.6 Å². The van der Waals surface area contributed by atoms with Crippen LogP contribution in [-0.2, 0) is 9.53 Å². The average Bonchev–Trinajstić information content (AvgIpc) is 3.03. The molecule has 0 fully saturated rings. The quantitative estimate of drug-likeness (QED) is 0.777. The molecule has 1 amide bonds. The van der Waals surface area contributed by atoms with Crippen molar-refractivity contribution < 1.29 is 9.53 Å². The molecule has 7 heteroatoms. The second-order valence-corrected chi connectivity index (χ2v) is 6.13. The second kappa shape index (κ2) is 6.62. The van der Waals surface area contributed by atoms with Crippen LogP contribution in [0, 0.1) is 6.92 Å². The maximum absolute atomic E-state index is 11.7. The van der Waals surface area contributed by atoms with Crippen LogP contribution in [0.4, 0.5) is 5.69 Å². The third-order valence-corrected chi connectivity index (χ3v) is 4.28. The normalized spacial score (nSPS) is 10.9. The Balaban J connectivity index is 2.05. The number of aromatic nitrogens is 2. The van der Waals surface area contributed by atoms with Gasteiger partial charge in [0.2, 0.25) is 5.91 Å². The fourth-order valence-corrected chi connectivity index (χ4v) is 3.04. The van der Waals surface area contributed by atoms with E-state index in [0.717, 1.165) is 27.7 Å². The van der Waals surface area contributed by atoms with Gasteiger partial charge in [0.05, 0.1) is 28.1 Å². The maximum Gasteiger partial charge on any atom is 0.250 e. The molecule has 0 unspecified atom stereocenters. The number of aryl methyl sites for hydroxylation is 1. The SMILES string of the molecule is COCC(=O)Nc1cc2c(C)cc(-c3cnsc3)nc2cc1Cl. The van der Waals surface area contributed by atoms with Crippen molar-refractivity contribution in [2.24, 2.45) is 0 Å². The molecule has 0 saturated heterocycles. The van der Waals surface area contributed by atoms with Crippen molar-refractivity contribution in [1.29, 1.82) is 0 Å². The van der Waals surface area contributed by atoms with E-state index in [0.29, 0.717) is 10.7 Å². The second-order valence-electron chi connectivity index (χ2n) is 5.07. The summed E-state index contributed by atoms with van der Waals surface area (Å²) in [6, 6.07) is 5.60. The van der Waals surface area contributed by atoms with E-state index in [1.165, 1.54) is 18.6 Å². The fourth-order valence-electron chi connectivity index (χ4n) is 2.31. The van der Waals surface area contributed by atoms with E-state index in [4.69, 9.17) is 16.3 Å². The Kier molecular flexibility index (Phi) is 4.56. The predicted molar refractivity (Wildman–Crippen MR) is 93.1 cm³/mol. The van der Waals surface area contributed by atoms with E-state index < -0.39 is 0 Å². The first-order valence-electron chi connectivity index (χ1n) is 6.88. The number of rotatable bonds is 4. The number of hydrogen-bond acceptors (Lipinski definition) is 5. The molecule has 3 aromatic rings. The zero-order valence-corrected chi connectivity index (χ0v) is 14.2. The lowest BCUT2D eigenvalue weighted by Crippen LogP contribution is -2.17. The van der Waals surface area contributed by atoms with Crippen molar-refractivity contribution in [2.45, 2.75) is 6.92 Å². The van der Waals surface area contributed by atoms with Gasteiger partial charge in [-0.3, -0.25) is 4.79 Å². The number of pyridine rings is 1. The molecular formula is C16H14ClN3O2S. The summed E-state index contributed by atoms with van der Waals surface area (Å²) in [4.78, 5) is 16.3. The zero-order valence-electron chi connectivity index (χ0n) is 12.6. The van der Waals surface area contributed by atoms with E-state index in [9.17, 15) is 4.79 Å². The first-order valence-corrected chi connectivity index (χ1v) is 8.09. The van der Waals surface area contributed by atoms with Gasteiger partial charge in [0.1, 0.15) is 6.61 Å². The van der Waals surface area contributed by atoms with Gasteiger partial charge in [0.15, 0.2) is 0 Å². The third kappa shape index (κ3) is 3.34. The van der Waals surface area contributed by atoms with E-state index in [1.54, 1.807) is 12.3 Å². The molecule has 0 atom stereocenters. The predicted octanol–water partition coefficient (Wildman–Crippen LogP) is 3.91. The molecule has 23 heavy (non-hydrogen) atoms. The van der Waals surface area contributed by atoms with E-state index in [1.807, 2.05) is 24.4 Å². The summed E-state index contributed by atoms with van der Waals surface area (Å²) in [5.41, 5.74) is 4.22. The number of carbonyl (C=O) groups excluding carboxylic acids is 1. The summed E-state index contributed by atoms with van der Waals surface area (Å²) < 4.78 is 8.92. The van der Waals surface area contributed by atoms with Crippen molar-refractivity contribution in [3.05, 3.63) is 40.4 Å². The Morgan fingerprint density at radius 3 is 2.91 bits per heavy atom. The van der Waals surface area contributed by atoms with Crippen LogP contribution in [-0.4, -0.2) is 29.0 Å². The number of nitrogens with zero attached hydrogens (tertiary/aromatic N) is 2. The molecule has 0 aliphatic carbocycles. The summed E-state index contributed by atoms with van der Waals surface area (Å²) in [6.45, 7) is 1.98. The maximum atomic E-state index is 11.7. The Hall–Kier alpha value is -2.02. The molecule has 1 aromatic carbocycles. The number of methoxy groups -OCH3 is 1. The average molecular weight is 348 g/mol. The number of carbonyl (C=O) groups is 1. The lowest BCUT2D eigenvalue weighted by atomic mass is 10.1. The number of anilines is 1. The van der Waals surface area contributed by atoms with Crippen molar-refractivity contribution in [2.75, 3.05) is 19.0 Å². The molecule has 0 aliphatic heterocycles. The standard InChI is InChI=1S/C16H14ClN3O2S/c1-9-3-13(10-6-18-23-8-10)19-14-5-12(17)15(4-11(9)14)20-16(21)7-22-2/h3-6,8H,7H2,1-2H3,(H,20,21). The van der Waals surface area contributed by atoms with Crippen LogP contribution in [0.5, 0.6) is 0 Å². The topological polar surface area (TPSA) is 64.1 Å². The first kappa shape index (κ1) is 15.9. The number of fused-ring (bicyclic) bond motifs is 1. The Morgan fingerprint density at radius 1 is 1.39 bits per heavy atom. The Labute approximate surface area is 142 Å². The van der Waals surface area contributed by atoms with Gasteiger partial charge in [0.25, 0.3) is 0 Å². The van der Waals surface area contributed by atoms with Crippen molar-refractivity contribution >= 4 is 45.6 Å². The van der Waals surface area contributed by atoms with Crippen LogP contribution in [0.1, 0.15) is 5.56 Å². The first-order chi connectivity index (χ1) is 11.1. The van der Waals surface area contributed by atoms with Crippen LogP contribution in [0.25, 0.3) is 22.2 Å². The number of halogens is 1. The number of ether oxygens (including phenoxy) is 1. The largest absolute Gasteiger partial charge is 0.375 e. The summed E-state index contributed by atoms with van der Waals surface area (Å²) in [5.74, 6) is -0.250. The minimum Gasteiger partial charge on any atom is -0.375 e. The van der Waals surface area contributed by atoms with Gasteiger partial charge >= 0.3 is 0 Å². The zero-order chi connectivity index (χ0) is 16.4. The summed E-state index contributed by atoms with van der Waals surface area (Å²) in [5, 5.41) is 6.07. The van der Waals surface area contributed by atoms with Crippen LogP contribution in [0.3, 0.4) is 0 Å². The van der Waals surface area contributed by atoms with Gasteiger partial charge in [-0.15, -0.1) is 0 Å². The minimum atomic E-state index is -0.250. The van der Waals surface area contributed by atoms with Crippen LogP contribution in [0.2, 0.25) is 5.02 Å². The monoisotopic (exact) mass is 347 g/mol. The minimum absolute atomic E-state index is 0.0182. The molecule has 0 radical (unpaired) electrons. The van der Waals surface area contributed by atoms with E-state index >= 15 is 0 Å². The van der Waals surface area contributed by atoms with Gasteiger partial charge in [-0.2, -0.15) is 0 Å².